The molecular formula is C39H63BrN4O4. The SMILES string of the molecule is CN[C@@](C)(CO[C@H]1[C@H](n2ncnc2Br)C[C@@]23COC[C@]1(C)[C@@H]2CC[C@H]1C3=CC[C@@]2(C)[C@H](C(=O)O)[C@@](C)([C@H](C)C(C)C)CC[C@]12C)C(C)C. The molecule has 1 saturated heterocycles. The number of aromatic nitrogens is 3. The number of carboxylic acid groups (broad SMARTS) is 1. The van der Waals surface area contributed by atoms with Gasteiger partial charge in [0.25, 0.3) is 0 Å². The maximum Gasteiger partial charge on any atom is 0.307 e. The van der Waals surface area contributed by atoms with Crippen LogP contribution in [0.1, 0.15) is 114 Å². The number of aliphatic carboxylic acids is 1. The first kappa shape index (κ1) is 36.5. The van der Waals surface area contributed by atoms with Gasteiger partial charge in [0.1, 0.15) is 6.33 Å². The van der Waals surface area contributed by atoms with Gasteiger partial charge in [-0.3, -0.25) is 4.79 Å². The van der Waals surface area contributed by atoms with Crippen molar-refractivity contribution in [3.63, 3.8) is 0 Å². The van der Waals surface area contributed by atoms with E-state index in [0.29, 0.717) is 49.4 Å². The van der Waals surface area contributed by atoms with Gasteiger partial charge < -0.3 is 19.9 Å². The zero-order valence-corrected chi connectivity index (χ0v) is 33.1. The molecule has 0 aromatic carbocycles. The number of carbonyl (C=O) groups is 1. The molecule has 0 spiro atoms. The summed E-state index contributed by atoms with van der Waals surface area (Å²) in [6.45, 7) is 25.0. The lowest BCUT2D eigenvalue weighted by Gasteiger charge is -2.71. The Bertz CT molecular complexity index is 1430. The first-order valence-electron chi connectivity index (χ1n) is 18.7. The number of likely N-dealkylation sites (N-methyl/N-ethyl adjacent to an activating group) is 1. The number of nitrogens with zero attached hydrogens (tertiary/aromatic N) is 3. The molecule has 6 rings (SSSR count). The van der Waals surface area contributed by atoms with Crippen molar-refractivity contribution in [1.82, 2.24) is 20.1 Å². The van der Waals surface area contributed by atoms with Crippen molar-refractivity contribution in [2.24, 2.45) is 62.6 Å². The third-order valence-electron chi connectivity index (χ3n) is 16.3. The van der Waals surface area contributed by atoms with E-state index in [1.165, 1.54) is 5.57 Å². The van der Waals surface area contributed by atoms with Crippen LogP contribution in [0, 0.1) is 62.6 Å². The van der Waals surface area contributed by atoms with E-state index in [4.69, 9.17) is 14.6 Å². The van der Waals surface area contributed by atoms with Crippen LogP contribution in [0.25, 0.3) is 0 Å². The van der Waals surface area contributed by atoms with E-state index in [-0.39, 0.29) is 44.8 Å². The first-order chi connectivity index (χ1) is 22.4. The maximum atomic E-state index is 13.5. The quantitative estimate of drug-likeness (QED) is 0.247. The number of rotatable bonds is 9. The summed E-state index contributed by atoms with van der Waals surface area (Å²) >= 11 is 3.74. The molecule has 8 nitrogen and oxygen atoms in total. The summed E-state index contributed by atoms with van der Waals surface area (Å²) < 4.78 is 16.7. The molecule has 1 aliphatic heterocycles. The zero-order chi connectivity index (χ0) is 35.2. The summed E-state index contributed by atoms with van der Waals surface area (Å²) in [5.41, 5.74) is 0.269. The molecule has 0 radical (unpaired) electrons. The summed E-state index contributed by atoms with van der Waals surface area (Å²) in [7, 11) is 2.03. The first-order valence-corrected chi connectivity index (χ1v) is 19.5. The Hall–Kier alpha value is -1.29. The van der Waals surface area contributed by atoms with E-state index in [2.05, 4.69) is 106 Å². The van der Waals surface area contributed by atoms with Gasteiger partial charge in [-0.1, -0.05) is 74.0 Å². The number of nitrogens with one attached hydrogen (secondary N) is 1. The molecule has 2 bridgehead atoms. The fraction of sp³-hybridized carbons (Fsp3) is 0.872. The van der Waals surface area contributed by atoms with Gasteiger partial charge in [0, 0.05) is 16.4 Å². The molecule has 1 aromatic heterocycles. The van der Waals surface area contributed by atoms with Crippen molar-refractivity contribution >= 4 is 21.9 Å². The smallest absolute Gasteiger partial charge is 0.307 e. The molecule has 48 heavy (non-hydrogen) atoms. The molecule has 2 heterocycles. The van der Waals surface area contributed by atoms with Gasteiger partial charge in [-0.05, 0) is 114 Å². The zero-order valence-electron chi connectivity index (χ0n) is 31.5. The third kappa shape index (κ3) is 4.92. The number of ether oxygens (including phenoxy) is 2. The van der Waals surface area contributed by atoms with Crippen LogP contribution in [0.4, 0.5) is 0 Å². The van der Waals surface area contributed by atoms with Crippen LogP contribution in [0.2, 0.25) is 0 Å². The van der Waals surface area contributed by atoms with Gasteiger partial charge in [0.05, 0.1) is 37.9 Å². The highest BCUT2D eigenvalue weighted by Crippen LogP contribution is 2.75. The van der Waals surface area contributed by atoms with Crippen LogP contribution in [0.3, 0.4) is 0 Å². The highest BCUT2D eigenvalue weighted by Gasteiger charge is 2.72. The average Bonchev–Trinajstić information content (AvgIpc) is 3.45. The molecular weight excluding hydrogens is 668 g/mol. The van der Waals surface area contributed by atoms with Crippen LogP contribution in [-0.4, -0.2) is 64.4 Å². The highest BCUT2D eigenvalue weighted by atomic mass is 79.9. The van der Waals surface area contributed by atoms with E-state index in [9.17, 15) is 9.90 Å². The van der Waals surface area contributed by atoms with Gasteiger partial charge in [0.15, 0.2) is 4.73 Å². The minimum atomic E-state index is -0.612. The van der Waals surface area contributed by atoms with Crippen molar-refractivity contribution in [2.75, 3.05) is 26.9 Å². The second kappa shape index (κ2) is 12.2. The van der Waals surface area contributed by atoms with Gasteiger partial charge in [-0.25, -0.2) is 9.67 Å². The van der Waals surface area contributed by atoms with E-state index in [1.807, 2.05) is 7.05 Å². The van der Waals surface area contributed by atoms with E-state index < -0.39 is 11.9 Å². The minimum absolute atomic E-state index is 0.0191. The van der Waals surface area contributed by atoms with E-state index in [0.717, 1.165) is 43.3 Å². The molecule has 9 heteroatoms. The van der Waals surface area contributed by atoms with Gasteiger partial charge in [-0.2, -0.15) is 5.10 Å². The molecule has 0 amide bonds. The lowest BCUT2D eigenvalue weighted by atomic mass is 9.34. The summed E-state index contributed by atoms with van der Waals surface area (Å²) in [6, 6.07) is -0.0191. The van der Waals surface area contributed by atoms with E-state index >= 15 is 0 Å². The molecule has 12 atom stereocenters. The van der Waals surface area contributed by atoms with Crippen LogP contribution in [0.5, 0.6) is 0 Å². The number of fused-ring (bicyclic) bond motifs is 3. The molecule has 1 aromatic rings. The number of hydrogen-bond acceptors (Lipinski definition) is 6. The van der Waals surface area contributed by atoms with Crippen molar-refractivity contribution in [3.8, 4) is 0 Å². The third-order valence-corrected chi connectivity index (χ3v) is 16.9. The second-order valence-electron chi connectivity index (χ2n) is 18.6. The fourth-order valence-electron chi connectivity index (χ4n) is 12.4. The molecule has 5 aliphatic rings. The normalized spacial score (nSPS) is 44.3. The van der Waals surface area contributed by atoms with Crippen molar-refractivity contribution in [3.05, 3.63) is 22.7 Å². The Morgan fingerprint density at radius 2 is 1.85 bits per heavy atom. The molecule has 0 unspecified atom stereocenters. The Morgan fingerprint density at radius 3 is 2.44 bits per heavy atom. The maximum absolute atomic E-state index is 13.5. The van der Waals surface area contributed by atoms with Crippen LogP contribution in [0.15, 0.2) is 22.7 Å². The highest BCUT2D eigenvalue weighted by molar-refractivity contribution is 9.10. The van der Waals surface area contributed by atoms with E-state index in [1.54, 1.807) is 6.33 Å². The lowest BCUT2D eigenvalue weighted by Crippen LogP contribution is -2.69. The molecule has 2 N–H and O–H groups in total. The molecule has 270 valence electrons. The van der Waals surface area contributed by atoms with Gasteiger partial charge in [-0.15, -0.1) is 0 Å². The van der Waals surface area contributed by atoms with Crippen LogP contribution in [-0.2, 0) is 14.3 Å². The summed E-state index contributed by atoms with van der Waals surface area (Å²) in [5.74, 6) is 0.873. The molecule has 4 aliphatic carbocycles. The topological polar surface area (TPSA) is 98.5 Å². The number of hydrogen-bond donors (Lipinski definition) is 2. The predicted molar refractivity (Wildman–Crippen MR) is 192 cm³/mol. The minimum Gasteiger partial charge on any atom is -0.481 e. The Morgan fingerprint density at radius 1 is 1.15 bits per heavy atom. The number of allylic oxidation sites excluding steroid dienone is 1. The number of halogens is 1. The lowest BCUT2D eigenvalue weighted by molar-refractivity contribution is -0.253. The van der Waals surface area contributed by atoms with Gasteiger partial charge in [0.2, 0.25) is 0 Å². The monoisotopic (exact) mass is 730 g/mol. The summed E-state index contributed by atoms with van der Waals surface area (Å²) in [6.07, 6.45) is 9.94. The Labute approximate surface area is 298 Å². The van der Waals surface area contributed by atoms with Crippen molar-refractivity contribution < 1.29 is 19.4 Å². The largest absolute Gasteiger partial charge is 0.481 e. The molecule has 4 fully saturated rings. The van der Waals surface area contributed by atoms with Crippen LogP contribution >= 0.6 is 15.9 Å². The Balaban J connectivity index is 1.45. The second-order valence-corrected chi connectivity index (χ2v) is 19.4. The summed E-state index contributed by atoms with van der Waals surface area (Å²) in [5, 5.41) is 19.4. The number of carboxylic acids is 1. The standard InChI is InChI=1S/C39H63BrN4O4/c1-23(2)25(5)34(6)16-17-36(8)26-12-13-29-35(7)19-47-21-39(29,27(26)14-15-37(36,9)30(34)32(45)46)18-28(44-33(40)42-22-43-44)31(35)48-20-38(10,41-11)24(3)4/h14,22-26,28-31,41H,12-13,15-21H2,1-11H3,(H,45,46)/t25-,26+,28-,29+,30-,31+,34-,35-,36-,37+,38+,39+/m1/s1. The molecule has 3 saturated carbocycles. The van der Waals surface area contributed by atoms with Gasteiger partial charge >= 0.3 is 5.97 Å². The predicted octanol–water partition coefficient (Wildman–Crippen LogP) is 8.19. The Kier molecular flexibility index (Phi) is 9.24. The van der Waals surface area contributed by atoms with Crippen molar-refractivity contribution in [2.45, 2.75) is 125 Å². The van der Waals surface area contributed by atoms with Crippen molar-refractivity contribution in [1.29, 1.82) is 0 Å². The average molecular weight is 732 g/mol. The summed E-state index contributed by atoms with van der Waals surface area (Å²) in [4.78, 5) is 18.0. The van der Waals surface area contributed by atoms with Crippen LogP contribution < -0.4 is 5.32 Å². The fourth-order valence-corrected chi connectivity index (χ4v) is 12.8.